The molecule has 0 bridgehead atoms. The van der Waals surface area contributed by atoms with Crippen LogP contribution in [0, 0.1) is 18.3 Å². The molecular formula is C27H28N2O5. The van der Waals surface area contributed by atoms with E-state index >= 15 is 0 Å². The number of amides is 2. The Kier molecular flexibility index (Phi) is 7.17. The summed E-state index contributed by atoms with van der Waals surface area (Å²) in [7, 11) is 0. The highest BCUT2D eigenvalue weighted by atomic mass is 16.5. The third-order valence-electron chi connectivity index (χ3n) is 6.63. The van der Waals surface area contributed by atoms with Gasteiger partial charge in [0.05, 0.1) is 0 Å². The zero-order valence-corrected chi connectivity index (χ0v) is 18.8. The lowest BCUT2D eigenvalue weighted by Gasteiger charge is -2.20. The van der Waals surface area contributed by atoms with E-state index in [1.807, 2.05) is 36.4 Å². The Morgan fingerprint density at radius 1 is 1.06 bits per heavy atom. The lowest BCUT2D eigenvalue weighted by Crippen LogP contribution is -2.49. The van der Waals surface area contributed by atoms with Crippen molar-refractivity contribution in [2.24, 2.45) is 5.92 Å². The summed E-state index contributed by atoms with van der Waals surface area (Å²) >= 11 is 0. The molecular weight excluding hydrogens is 432 g/mol. The van der Waals surface area contributed by atoms with Crippen LogP contribution in [-0.2, 0) is 14.3 Å². The highest BCUT2D eigenvalue weighted by Gasteiger charge is 2.31. The van der Waals surface area contributed by atoms with Crippen LogP contribution in [0.4, 0.5) is 4.79 Å². The first kappa shape index (κ1) is 23.4. The first-order valence-corrected chi connectivity index (χ1v) is 11.5. The van der Waals surface area contributed by atoms with Crippen LogP contribution in [-0.4, -0.2) is 41.8 Å². The number of carboxylic acids is 1. The number of benzene rings is 2. The van der Waals surface area contributed by atoms with E-state index < -0.39 is 18.1 Å². The summed E-state index contributed by atoms with van der Waals surface area (Å²) in [4.78, 5) is 36.2. The van der Waals surface area contributed by atoms with Gasteiger partial charge in [0.15, 0.2) is 0 Å². The van der Waals surface area contributed by atoms with E-state index in [1.165, 1.54) is 0 Å². The molecule has 0 aromatic heterocycles. The number of rotatable bonds is 8. The highest BCUT2D eigenvalue weighted by Crippen LogP contribution is 2.44. The maximum Gasteiger partial charge on any atom is 0.407 e. The molecule has 3 N–H and O–H groups in total. The summed E-state index contributed by atoms with van der Waals surface area (Å²) in [5.74, 6) is 1.18. The molecule has 1 saturated carbocycles. The number of fused-ring (bicyclic) bond motifs is 3. The van der Waals surface area contributed by atoms with Crippen LogP contribution < -0.4 is 10.6 Å². The van der Waals surface area contributed by atoms with Crippen molar-refractivity contribution in [1.29, 1.82) is 0 Å². The largest absolute Gasteiger partial charge is 0.481 e. The second-order valence-electron chi connectivity index (χ2n) is 8.91. The standard InChI is InChI=1S/C27H28N2O5/c1-2-7-24(26(32)28-18-13-12-17(14-18)15-25(30)31)29-27(33)34-16-23-21-10-5-3-8-19(21)20-9-4-6-11-22(20)23/h1,3-6,8-11,17-18,23-24H,7,12-16H2,(H,28,32)(H,29,33)(H,30,31)/t17-,18+,24?/m0/s1. The number of alkyl carbamates (subject to hydrolysis) is 1. The van der Waals surface area contributed by atoms with Crippen LogP contribution in [0.5, 0.6) is 0 Å². The summed E-state index contributed by atoms with van der Waals surface area (Å²) < 4.78 is 5.53. The molecule has 176 valence electrons. The van der Waals surface area contributed by atoms with E-state index in [9.17, 15) is 14.4 Å². The van der Waals surface area contributed by atoms with Crippen molar-refractivity contribution in [2.45, 2.75) is 50.1 Å². The smallest absolute Gasteiger partial charge is 0.407 e. The number of hydrogen-bond acceptors (Lipinski definition) is 4. The first-order valence-electron chi connectivity index (χ1n) is 11.5. The van der Waals surface area contributed by atoms with Crippen molar-refractivity contribution >= 4 is 18.0 Å². The molecule has 0 saturated heterocycles. The van der Waals surface area contributed by atoms with E-state index in [2.05, 4.69) is 28.7 Å². The molecule has 3 atom stereocenters. The number of terminal acetylenes is 1. The van der Waals surface area contributed by atoms with Crippen LogP contribution in [0.2, 0.25) is 0 Å². The van der Waals surface area contributed by atoms with Gasteiger partial charge in [-0.2, -0.15) is 0 Å². The van der Waals surface area contributed by atoms with Crippen molar-refractivity contribution in [2.75, 3.05) is 6.61 Å². The Labute approximate surface area is 198 Å². The zero-order valence-electron chi connectivity index (χ0n) is 18.8. The van der Waals surface area contributed by atoms with Gasteiger partial charge in [0.2, 0.25) is 5.91 Å². The average Bonchev–Trinajstić information content (AvgIpc) is 3.38. The number of hydrogen-bond donors (Lipinski definition) is 3. The van der Waals surface area contributed by atoms with Crippen LogP contribution >= 0.6 is 0 Å². The molecule has 1 unspecified atom stereocenters. The lowest BCUT2D eigenvalue weighted by atomic mass is 9.98. The fraction of sp³-hybridized carbons (Fsp3) is 0.370. The maximum absolute atomic E-state index is 12.7. The summed E-state index contributed by atoms with van der Waals surface area (Å²) in [5.41, 5.74) is 4.47. The third kappa shape index (κ3) is 5.23. The van der Waals surface area contributed by atoms with Gasteiger partial charge in [0.1, 0.15) is 12.6 Å². The Hall–Kier alpha value is -3.79. The van der Waals surface area contributed by atoms with E-state index in [1.54, 1.807) is 0 Å². The molecule has 0 heterocycles. The third-order valence-corrected chi connectivity index (χ3v) is 6.63. The van der Waals surface area contributed by atoms with E-state index in [0.29, 0.717) is 12.8 Å². The molecule has 2 aliphatic carbocycles. The number of carbonyl (C=O) groups excluding carboxylic acids is 2. The van der Waals surface area contributed by atoms with E-state index in [-0.39, 0.29) is 43.2 Å². The van der Waals surface area contributed by atoms with Crippen molar-refractivity contribution in [3.63, 3.8) is 0 Å². The van der Waals surface area contributed by atoms with Gasteiger partial charge in [0, 0.05) is 24.8 Å². The molecule has 0 spiro atoms. The number of nitrogens with one attached hydrogen (secondary N) is 2. The molecule has 2 aliphatic rings. The number of aliphatic carboxylic acids is 1. The van der Waals surface area contributed by atoms with Gasteiger partial charge in [-0.25, -0.2) is 4.79 Å². The van der Waals surface area contributed by atoms with Crippen LogP contribution in [0.25, 0.3) is 11.1 Å². The summed E-state index contributed by atoms with van der Waals surface area (Å²) in [5, 5.41) is 14.5. The van der Waals surface area contributed by atoms with Gasteiger partial charge in [-0.3, -0.25) is 9.59 Å². The zero-order chi connectivity index (χ0) is 24.1. The van der Waals surface area contributed by atoms with Crippen LogP contribution in [0.1, 0.15) is 49.1 Å². The van der Waals surface area contributed by atoms with E-state index in [4.69, 9.17) is 16.3 Å². The summed E-state index contributed by atoms with van der Waals surface area (Å²) in [6.07, 6.45) is 6.90. The van der Waals surface area contributed by atoms with Gasteiger partial charge in [-0.15, -0.1) is 12.3 Å². The van der Waals surface area contributed by atoms with Crippen molar-refractivity contribution in [3.8, 4) is 23.5 Å². The lowest BCUT2D eigenvalue weighted by molar-refractivity contribution is -0.138. The predicted octanol–water partition coefficient (Wildman–Crippen LogP) is 3.68. The first-order chi connectivity index (χ1) is 16.5. The summed E-state index contributed by atoms with van der Waals surface area (Å²) in [6.45, 7) is 0.143. The minimum absolute atomic E-state index is 0.0291. The minimum Gasteiger partial charge on any atom is -0.481 e. The monoisotopic (exact) mass is 460 g/mol. The molecule has 0 radical (unpaired) electrons. The Bertz CT molecular complexity index is 1080. The number of carboxylic acid groups (broad SMARTS) is 1. The highest BCUT2D eigenvalue weighted by molar-refractivity contribution is 5.86. The average molecular weight is 461 g/mol. The Morgan fingerprint density at radius 3 is 2.32 bits per heavy atom. The molecule has 4 rings (SSSR count). The van der Waals surface area contributed by atoms with Gasteiger partial charge < -0.3 is 20.5 Å². The quantitative estimate of drug-likeness (QED) is 0.522. The molecule has 34 heavy (non-hydrogen) atoms. The fourth-order valence-electron chi connectivity index (χ4n) is 5.05. The second-order valence-corrected chi connectivity index (χ2v) is 8.91. The van der Waals surface area contributed by atoms with Crippen molar-refractivity contribution in [3.05, 3.63) is 59.7 Å². The SMILES string of the molecule is C#CCC(NC(=O)OCC1c2ccccc2-c2ccccc21)C(=O)N[C@@H]1CC[C@H](CC(=O)O)C1. The molecule has 7 heteroatoms. The molecule has 1 fully saturated rings. The Morgan fingerprint density at radius 2 is 1.71 bits per heavy atom. The van der Waals surface area contributed by atoms with Crippen molar-refractivity contribution in [1.82, 2.24) is 10.6 Å². The van der Waals surface area contributed by atoms with E-state index in [0.717, 1.165) is 28.7 Å². The maximum atomic E-state index is 12.7. The topological polar surface area (TPSA) is 105 Å². The number of ether oxygens (including phenoxy) is 1. The molecule has 2 aromatic carbocycles. The molecule has 2 amide bonds. The normalized spacial score (nSPS) is 19.4. The Balaban J connectivity index is 1.34. The molecule has 0 aliphatic heterocycles. The van der Waals surface area contributed by atoms with Crippen molar-refractivity contribution < 1.29 is 24.2 Å². The van der Waals surface area contributed by atoms with Gasteiger partial charge in [-0.1, -0.05) is 48.5 Å². The van der Waals surface area contributed by atoms with Gasteiger partial charge >= 0.3 is 12.1 Å². The predicted molar refractivity (Wildman–Crippen MR) is 127 cm³/mol. The van der Waals surface area contributed by atoms with Gasteiger partial charge in [-0.05, 0) is 47.4 Å². The van der Waals surface area contributed by atoms with Crippen LogP contribution in [0.15, 0.2) is 48.5 Å². The second kappa shape index (κ2) is 10.4. The number of carbonyl (C=O) groups is 3. The van der Waals surface area contributed by atoms with Gasteiger partial charge in [0.25, 0.3) is 0 Å². The van der Waals surface area contributed by atoms with Crippen LogP contribution in [0.3, 0.4) is 0 Å². The summed E-state index contributed by atoms with van der Waals surface area (Å²) in [6, 6.07) is 15.1. The fourth-order valence-corrected chi connectivity index (χ4v) is 5.05. The molecule has 7 nitrogen and oxygen atoms in total. The molecule has 2 aromatic rings. The minimum atomic E-state index is -0.917.